The van der Waals surface area contributed by atoms with Crippen LogP contribution in [-0.2, 0) is 0 Å². The zero-order valence-electron chi connectivity index (χ0n) is 7.76. The Labute approximate surface area is 77.7 Å². The van der Waals surface area contributed by atoms with E-state index in [9.17, 15) is 4.79 Å². The van der Waals surface area contributed by atoms with Gasteiger partial charge in [-0.2, -0.15) is 11.8 Å². The topological polar surface area (TPSA) is 41.1 Å². The minimum Gasteiger partial charge on any atom is -0.332 e. The molecule has 2 saturated heterocycles. The Kier molecular flexibility index (Phi) is 3.26. The Hall–Kier alpha value is -0.380. The molecule has 0 saturated carbocycles. The lowest BCUT2D eigenvalue weighted by Crippen LogP contribution is -2.35. The second-order valence-corrected chi connectivity index (χ2v) is 4.20. The molecule has 3 atom stereocenters. The van der Waals surface area contributed by atoms with Gasteiger partial charge >= 0.3 is 6.03 Å². The van der Waals surface area contributed by atoms with Crippen molar-refractivity contribution >= 4 is 17.8 Å². The summed E-state index contributed by atoms with van der Waals surface area (Å²) in [5, 5.41) is 6.34. The third kappa shape index (κ3) is 1.68. The van der Waals surface area contributed by atoms with Crippen LogP contribution in [0.5, 0.6) is 0 Å². The number of rotatable bonds is 0. The highest BCUT2D eigenvalue weighted by Crippen LogP contribution is 2.28. The Morgan fingerprint density at radius 1 is 1.42 bits per heavy atom. The fourth-order valence-electron chi connectivity index (χ4n) is 1.50. The number of urea groups is 1. The molecule has 0 unspecified atom stereocenters. The smallest absolute Gasteiger partial charge is 0.315 e. The Morgan fingerprint density at radius 3 is 2.67 bits per heavy atom. The van der Waals surface area contributed by atoms with Crippen molar-refractivity contribution in [2.45, 2.75) is 38.1 Å². The molecule has 2 heterocycles. The maximum Gasteiger partial charge on any atom is 0.315 e. The number of carbonyl (C=O) groups is 1. The molecule has 70 valence electrons. The lowest BCUT2D eigenvalue weighted by atomic mass is 10.1. The summed E-state index contributed by atoms with van der Waals surface area (Å²) in [6, 6.07) is 0.757. The van der Waals surface area contributed by atoms with Crippen molar-refractivity contribution < 1.29 is 4.79 Å². The van der Waals surface area contributed by atoms with Gasteiger partial charge in [-0.25, -0.2) is 4.79 Å². The SMILES string of the molecule is CC.C[C@@H]1SC[C@@H]2NC(=O)N[C@@H]21. The zero-order chi connectivity index (χ0) is 9.14. The molecule has 2 N–H and O–H groups in total. The van der Waals surface area contributed by atoms with Crippen LogP contribution in [-0.4, -0.2) is 29.1 Å². The first-order chi connectivity index (χ1) is 5.77. The number of amides is 2. The van der Waals surface area contributed by atoms with E-state index in [2.05, 4.69) is 17.6 Å². The van der Waals surface area contributed by atoms with Gasteiger partial charge in [-0.3, -0.25) is 0 Å². The van der Waals surface area contributed by atoms with Gasteiger partial charge < -0.3 is 10.6 Å². The monoisotopic (exact) mass is 188 g/mol. The number of carbonyl (C=O) groups excluding carboxylic acids is 1. The minimum absolute atomic E-state index is 0.00199. The average molecular weight is 188 g/mol. The summed E-state index contributed by atoms with van der Waals surface area (Å²) in [7, 11) is 0. The van der Waals surface area contributed by atoms with Crippen LogP contribution in [0.15, 0.2) is 0 Å². The molecule has 0 aromatic rings. The van der Waals surface area contributed by atoms with Crippen molar-refractivity contribution in [2.75, 3.05) is 5.75 Å². The van der Waals surface area contributed by atoms with Gasteiger partial charge in [0.2, 0.25) is 0 Å². The van der Waals surface area contributed by atoms with E-state index in [0.29, 0.717) is 17.3 Å². The van der Waals surface area contributed by atoms with Gasteiger partial charge in [0.25, 0.3) is 0 Å². The van der Waals surface area contributed by atoms with E-state index in [0.717, 1.165) is 5.75 Å². The molecule has 0 aromatic carbocycles. The summed E-state index contributed by atoms with van der Waals surface area (Å²) in [4.78, 5) is 10.8. The summed E-state index contributed by atoms with van der Waals surface area (Å²) in [5.74, 6) is 1.06. The molecule has 2 rings (SSSR count). The number of hydrogen-bond acceptors (Lipinski definition) is 2. The second kappa shape index (κ2) is 4.03. The van der Waals surface area contributed by atoms with Crippen molar-refractivity contribution in [3.63, 3.8) is 0 Å². The van der Waals surface area contributed by atoms with Crippen LogP contribution in [0.3, 0.4) is 0 Å². The lowest BCUT2D eigenvalue weighted by Gasteiger charge is -2.09. The molecule has 2 amide bonds. The van der Waals surface area contributed by atoms with E-state index in [1.807, 2.05) is 25.6 Å². The highest BCUT2D eigenvalue weighted by atomic mass is 32.2. The fourth-order valence-corrected chi connectivity index (χ4v) is 2.77. The van der Waals surface area contributed by atoms with E-state index in [-0.39, 0.29) is 6.03 Å². The Bertz CT molecular complexity index is 174. The first-order valence-corrected chi connectivity index (χ1v) is 5.51. The van der Waals surface area contributed by atoms with Gasteiger partial charge in [0.1, 0.15) is 0 Å². The average Bonchev–Trinajstić information content (AvgIpc) is 2.58. The van der Waals surface area contributed by atoms with E-state index in [4.69, 9.17) is 0 Å². The zero-order valence-corrected chi connectivity index (χ0v) is 8.57. The first kappa shape index (κ1) is 9.71. The van der Waals surface area contributed by atoms with E-state index >= 15 is 0 Å². The van der Waals surface area contributed by atoms with E-state index in [1.165, 1.54) is 0 Å². The van der Waals surface area contributed by atoms with Crippen LogP contribution in [0.2, 0.25) is 0 Å². The summed E-state index contributed by atoms with van der Waals surface area (Å²) in [6.07, 6.45) is 0. The maximum absolute atomic E-state index is 10.8. The Morgan fingerprint density at radius 2 is 2.08 bits per heavy atom. The van der Waals surface area contributed by atoms with Gasteiger partial charge in [-0.15, -0.1) is 0 Å². The van der Waals surface area contributed by atoms with Crippen LogP contribution >= 0.6 is 11.8 Å². The Balaban J connectivity index is 0.000000336. The van der Waals surface area contributed by atoms with Gasteiger partial charge in [0.05, 0.1) is 12.1 Å². The number of fused-ring (bicyclic) bond motifs is 1. The molecule has 2 aliphatic heterocycles. The van der Waals surface area contributed by atoms with Crippen LogP contribution in [0.25, 0.3) is 0 Å². The highest BCUT2D eigenvalue weighted by Gasteiger charge is 2.40. The second-order valence-electron chi connectivity index (χ2n) is 2.79. The first-order valence-electron chi connectivity index (χ1n) is 4.46. The van der Waals surface area contributed by atoms with Crippen LogP contribution < -0.4 is 10.6 Å². The molecule has 2 fully saturated rings. The fraction of sp³-hybridized carbons (Fsp3) is 0.875. The van der Waals surface area contributed by atoms with Crippen molar-refractivity contribution in [2.24, 2.45) is 0 Å². The molecule has 0 radical (unpaired) electrons. The third-order valence-electron chi connectivity index (χ3n) is 2.09. The van der Waals surface area contributed by atoms with Crippen LogP contribution in [0.4, 0.5) is 4.79 Å². The largest absolute Gasteiger partial charge is 0.332 e. The van der Waals surface area contributed by atoms with Gasteiger partial charge in [0.15, 0.2) is 0 Å². The van der Waals surface area contributed by atoms with Gasteiger partial charge in [-0.1, -0.05) is 20.8 Å². The maximum atomic E-state index is 10.8. The summed E-state index contributed by atoms with van der Waals surface area (Å²) >= 11 is 1.91. The summed E-state index contributed by atoms with van der Waals surface area (Å²) < 4.78 is 0. The molecular formula is C8H16N2OS. The van der Waals surface area contributed by atoms with E-state index in [1.54, 1.807) is 0 Å². The van der Waals surface area contributed by atoms with E-state index < -0.39 is 0 Å². The lowest BCUT2D eigenvalue weighted by molar-refractivity contribution is 0.247. The van der Waals surface area contributed by atoms with Crippen molar-refractivity contribution in [1.82, 2.24) is 10.6 Å². The quantitative estimate of drug-likeness (QED) is 0.561. The molecule has 2 aliphatic rings. The predicted octanol–water partition coefficient (Wildman–Crippen LogP) is 1.20. The number of thioether (sulfide) groups is 1. The molecule has 12 heavy (non-hydrogen) atoms. The van der Waals surface area contributed by atoms with Crippen molar-refractivity contribution in [1.29, 1.82) is 0 Å². The van der Waals surface area contributed by atoms with Crippen LogP contribution in [0.1, 0.15) is 20.8 Å². The minimum atomic E-state index is 0.00199. The molecule has 4 heteroatoms. The standard InChI is InChI=1S/C6H10N2OS.C2H6/c1-3-5-4(2-10-3)7-6(9)8-5;1-2/h3-5H,2H2,1H3,(H2,7,8,9);1-2H3/t3-,4-,5+;/m0./s1. The number of hydrogen-bond donors (Lipinski definition) is 2. The molecule has 3 nitrogen and oxygen atoms in total. The number of nitrogens with one attached hydrogen (secondary N) is 2. The van der Waals surface area contributed by atoms with Crippen molar-refractivity contribution in [3.8, 4) is 0 Å². The van der Waals surface area contributed by atoms with Gasteiger partial charge in [0, 0.05) is 11.0 Å². The molecule has 0 spiro atoms. The third-order valence-corrected chi connectivity index (χ3v) is 3.46. The molecule has 0 aromatic heterocycles. The molecular weight excluding hydrogens is 172 g/mol. The van der Waals surface area contributed by atoms with Crippen molar-refractivity contribution in [3.05, 3.63) is 0 Å². The highest BCUT2D eigenvalue weighted by molar-refractivity contribution is 8.00. The predicted molar refractivity (Wildman–Crippen MR) is 52.5 cm³/mol. The summed E-state index contributed by atoms with van der Waals surface area (Å²) in [5.41, 5.74) is 0. The molecule has 0 aliphatic carbocycles. The summed E-state index contributed by atoms with van der Waals surface area (Å²) in [6.45, 7) is 6.16. The van der Waals surface area contributed by atoms with Gasteiger partial charge in [-0.05, 0) is 0 Å². The normalized spacial score (nSPS) is 37.6. The molecule has 0 bridgehead atoms. The van der Waals surface area contributed by atoms with Crippen LogP contribution in [0, 0.1) is 0 Å².